The van der Waals surface area contributed by atoms with Crippen molar-refractivity contribution in [3.63, 3.8) is 0 Å². The molecule has 0 aliphatic carbocycles. The van der Waals surface area contributed by atoms with Gasteiger partial charge in [0.25, 0.3) is 0 Å². The summed E-state index contributed by atoms with van der Waals surface area (Å²) in [6.45, 7) is 12.4. The van der Waals surface area contributed by atoms with E-state index in [1.165, 1.54) is 0 Å². The second-order valence-corrected chi connectivity index (χ2v) is 7.22. The zero-order valence-electron chi connectivity index (χ0n) is 13.1. The summed E-state index contributed by atoms with van der Waals surface area (Å²) in [5, 5.41) is 10.2. The molecule has 2 aliphatic heterocycles. The third kappa shape index (κ3) is 3.71. The van der Waals surface area contributed by atoms with E-state index in [-0.39, 0.29) is 29.6 Å². The average molecular weight is 284 g/mol. The second-order valence-electron chi connectivity index (χ2n) is 7.22. The lowest BCUT2D eigenvalue weighted by atomic mass is 9.89. The van der Waals surface area contributed by atoms with E-state index in [9.17, 15) is 9.90 Å². The molecule has 3 atom stereocenters. The van der Waals surface area contributed by atoms with Gasteiger partial charge in [0, 0.05) is 39.1 Å². The lowest BCUT2D eigenvalue weighted by molar-refractivity contribution is -0.145. The maximum Gasteiger partial charge on any atom is 0.323 e. The van der Waals surface area contributed by atoms with Gasteiger partial charge in [-0.3, -0.25) is 14.6 Å². The molecule has 2 rings (SSSR count). The van der Waals surface area contributed by atoms with Gasteiger partial charge in [0.2, 0.25) is 0 Å². The highest BCUT2D eigenvalue weighted by molar-refractivity contribution is 5.78. The number of aliphatic hydroxyl groups is 1. The van der Waals surface area contributed by atoms with Crippen molar-refractivity contribution in [2.45, 2.75) is 52.4 Å². The number of aliphatic hydroxyl groups excluding tert-OH is 1. The fourth-order valence-electron chi connectivity index (χ4n) is 2.81. The Balaban J connectivity index is 1.79. The minimum Gasteiger partial charge on any atom is -0.461 e. The number of nitrogens with zero attached hydrogens (tertiary/aromatic N) is 2. The quantitative estimate of drug-likeness (QED) is 0.774. The van der Waals surface area contributed by atoms with Gasteiger partial charge in [0.05, 0.1) is 6.10 Å². The summed E-state index contributed by atoms with van der Waals surface area (Å²) < 4.78 is 5.23. The van der Waals surface area contributed by atoms with Crippen molar-refractivity contribution in [3.8, 4) is 0 Å². The van der Waals surface area contributed by atoms with Crippen molar-refractivity contribution < 1.29 is 14.6 Å². The summed E-state index contributed by atoms with van der Waals surface area (Å²) in [5.41, 5.74) is -0.0815. The number of carbonyl (C=O) groups is 1. The van der Waals surface area contributed by atoms with Gasteiger partial charge >= 0.3 is 5.97 Å². The number of ether oxygens (including phenoxy) is 1. The van der Waals surface area contributed by atoms with Crippen LogP contribution in [-0.2, 0) is 9.53 Å². The number of carbonyl (C=O) groups excluding carboxylic acids is 1. The van der Waals surface area contributed by atoms with E-state index >= 15 is 0 Å². The Morgan fingerprint density at radius 3 is 2.35 bits per heavy atom. The number of piperazine rings is 1. The Kier molecular flexibility index (Phi) is 4.72. The van der Waals surface area contributed by atoms with Gasteiger partial charge in [0.1, 0.15) is 12.1 Å². The Hall–Kier alpha value is -0.650. The number of rotatable bonds is 3. The maximum absolute atomic E-state index is 11.8. The lowest BCUT2D eigenvalue weighted by Gasteiger charge is -2.39. The summed E-state index contributed by atoms with van der Waals surface area (Å²) >= 11 is 0. The molecule has 2 saturated heterocycles. The monoisotopic (exact) mass is 284 g/mol. The second kappa shape index (κ2) is 6.00. The van der Waals surface area contributed by atoms with Gasteiger partial charge in [-0.2, -0.15) is 0 Å². The number of hydrogen-bond donors (Lipinski definition) is 1. The molecular formula is C15H28N2O3. The molecule has 0 aromatic heterocycles. The van der Waals surface area contributed by atoms with E-state index in [4.69, 9.17) is 4.74 Å². The van der Waals surface area contributed by atoms with Gasteiger partial charge in [-0.25, -0.2) is 0 Å². The first-order chi connectivity index (χ1) is 9.27. The summed E-state index contributed by atoms with van der Waals surface area (Å²) in [6, 6.07) is -0.0558. The first-order valence-electron chi connectivity index (χ1n) is 7.62. The molecule has 1 N–H and O–H groups in total. The number of hydrogen-bond acceptors (Lipinski definition) is 5. The molecule has 20 heavy (non-hydrogen) atoms. The van der Waals surface area contributed by atoms with Crippen LogP contribution in [0.4, 0.5) is 0 Å². The first-order valence-corrected chi connectivity index (χ1v) is 7.62. The Morgan fingerprint density at radius 2 is 1.90 bits per heavy atom. The molecule has 0 amide bonds. The molecule has 0 aromatic carbocycles. The van der Waals surface area contributed by atoms with Gasteiger partial charge < -0.3 is 9.84 Å². The maximum atomic E-state index is 11.8. The van der Waals surface area contributed by atoms with Crippen molar-refractivity contribution in [2.24, 2.45) is 5.41 Å². The van der Waals surface area contributed by atoms with Crippen LogP contribution in [0.2, 0.25) is 0 Å². The van der Waals surface area contributed by atoms with Crippen LogP contribution in [0.1, 0.15) is 34.1 Å². The minimum atomic E-state index is -0.314. The van der Waals surface area contributed by atoms with Crippen LogP contribution in [0.15, 0.2) is 0 Å². The van der Waals surface area contributed by atoms with Crippen LogP contribution >= 0.6 is 0 Å². The molecule has 5 nitrogen and oxygen atoms in total. The van der Waals surface area contributed by atoms with E-state index < -0.39 is 0 Å². The normalized spacial score (nSPS) is 31.4. The molecule has 2 heterocycles. The molecule has 0 radical (unpaired) electrons. The summed E-state index contributed by atoms with van der Waals surface area (Å²) in [7, 11) is 0. The largest absolute Gasteiger partial charge is 0.461 e. The third-order valence-corrected chi connectivity index (χ3v) is 4.42. The summed E-state index contributed by atoms with van der Waals surface area (Å²) in [4.78, 5) is 16.3. The van der Waals surface area contributed by atoms with Crippen molar-refractivity contribution >= 4 is 5.97 Å². The van der Waals surface area contributed by atoms with Crippen LogP contribution in [-0.4, -0.2) is 71.8 Å². The predicted molar refractivity (Wildman–Crippen MR) is 77.4 cm³/mol. The molecule has 2 fully saturated rings. The van der Waals surface area contributed by atoms with Crippen molar-refractivity contribution in [3.05, 3.63) is 0 Å². The first kappa shape index (κ1) is 15.7. The van der Waals surface area contributed by atoms with Gasteiger partial charge in [-0.05, 0) is 12.3 Å². The fraction of sp³-hybridized carbons (Fsp3) is 0.933. The molecule has 5 heteroatoms. The zero-order valence-corrected chi connectivity index (χ0v) is 13.1. The average Bonchev–Trinajstić information content (AvgIpc) is 2.68. The summed E-state index contributed by atoms with van der Waals surface area (Å²) in [6.07, 6.45) is 0.544. The standard InChI is InChI=1S/C15H28N2O3/c1-11-9-12(14(19)20-11)17-7-5-16(6-8-17)10-13(18)15(2,3)4/h11-13,18H,5-10H2,1-4H3/t11-,12-,13-/m1/s1. The van der Waals surface area contributed by atoms with Crippen LogP contribution in [0.3, 0.4) is 0 Å². The molecule has 0 bridgehead atoms. The number of cyclic esters (lactones) is 1. The van der Waals surface area contributed by atoms with Crippen LogP contribution in [0, 0.1) is 5.41 Å². The van der Waals surface area contributed by atoms with Crippen molar-refractivity contribution in [1.82, 2.24) is 9.80 Å². The topological polar surface area (TPSA) is 53.0 Å². The van der Waals surface area contributed by atoms with Gasteiger partial charge in [-0.1, -0.05) is 20.8 Å². The minimum absolute atomic E-state index is 0.0493. The number of esters is 1. The van der Waals surface area contributed by atoms with Crippen molar-refractivity contribution in [1.29, 1.82) is 0 Å². The number of β-amino-alcohol motifs (C(OH)–C–C–N with tert-alkyl or cyclic N) is 1. The highest BCUT2D eigenvalue weighted by atomic mass is 16.6. The fourth-order valence-corrected chi connectivity index (χ4v) is 2.81. The highest BCUT2D eigenvalue weighted by Crippen LogP contribution is 2.23. The Morgan fingerprint density at radius 1 is 1.30 bits per heavy atom. The lowest BCUT2D eigenvalue weighted by Crippen LogP contribution is -2.53. The molecule has 0 aromatic rings. The highest BCUT2D eigenvalue weighted by Gasteiger charge is 2.38. The van der Waals surface area contributed by atoms with E-state index in [1.807, 2.05) is 6.92 Å². The van der Waals surface area contributed by atoms with E-state index in [1.54, 1.807) is 0 Å². The molecule has 0 unspecified atom stereocenters. The zero-order chi connectivity index (χ0) is 14.9. The van der Waals surface area contributed by atoms with Crippen LogP contribution in [0.5, 0.6) is 0 Å². The Labute approximate surface area is 121 Å². The van der Waals surface area contributed by atoms with E-state index in [0.29, 0.717) is 6.54 Å². The molecule has 116 valence electrons. The molecule has 2 aliphatic rings. The SMILES string of the molecule is C[C@@H]1C[C@@H](N2CCN(C[C@@H](O)C(C)(C)C)CC2)C(=O)O1. The molecule has 0 spiro atoms. The van der Waals surface area contributed by atoms with E-state index in [0.717, 1.165) is 32.6 Å². The van der Waals surface area contributed by atoms with Crippen molar-refractivity contribution in [2.75, 3.05) is 32.7 Å². The van der Waals surface area contributed by atoms with Crippen LogP contribution in [0.25, 0.3) is 0 Å². The Bertz CT molecular complexity index is 346. The van der Waals surface area contributed by atoms with Gasteiger partial charge in [-0.15, -0.1) is 0 Å². The van der Waals surface area contributed by atoms with E-state index in [2.05, 4.69) is 30.6 Å². The van der Waals surface area contributed by atoms with Gasteiger partial charge in [0.15, 0.2) is 0 Å². The summed E-state index contributed by atoms with van der Waals surface area (Å²) in [5.74, 6) is -0.0688. The third-order valence-electron chi connectivity index (χ3n) is 4.42. The molecular weight excluding hydrogens is 256 g/mol. The van der Waals surface area contributed by atoms with Crippen LogP contribution < -0.4 is 0 Å². The molecule has 0 saturated carbocycles. The predicted octanol–water partition coefficient (Wildman–Crippen LogP) is 0.715. The smallest absolute Gasteiger partial charge is 0.323 e.